The molecule has 1 aromatic carbocycles. The van der Waals surface area contributed by atoms with Crippen molar-refractivity contribution < 1.29 is 9.18 Å². The summed E-state index contributed by atoms with van der Waals surface area (Å²) in [5.74, 6) is -0.978. The molecule has 0 fully saturated rings. The Kier molecular flexibility index (Phi) is 3.39. The van der Waals surface area contributed by atoms with E-state index in [0.29, 0.717) is 4.47 Å². The summed E-state index contributed by atoms with van der Waals surface area (Å²) in [5, 5.41) is 8.52. The molecule has 1 amide bonds. The van der Waals surface area contributed by atoms with E-state index in [1.807, 2.05) is 0 Å². The topological polar surface area (TPSA) is 70.7 Å². The lowest BCUT2D eigenvalue weighted by molar-refractivity contribution is 0.101. The lowest BCUT2D eigenvalue weighted by Crippen LogP contribution is -2.14. The van der Waals surface area contributed by atoms with Crippen LogP contribution in [0, 0.1) is 5.82 Å². The number of carbonyl (C=O) groups is 1. The number of nitrogens with zero attached hydrogens (tertiary/aromatic N) is 2. The first-order valence-corrected chi connectivity index (χ1v) is 5.56. The zero-order chi connectivity index (χ0) is 12.4. The summed E-state index contributed by atoms with van der Waals surface area (Å²) < 4.78 is 13.3. The third-order valence-corrected chi connectivity index (χ3v) is 2.80. The molecule has 0 aliphatic heterocycles. The third kappa shape index (κ3) is 2.62. The van der Waals surface area contributed by atoms with Crippen LogP contribution in [0.5, 0.6) is 0 Å². The third-order valence-electron chi connectivity index (χ3n) is 1.88. The summed E-state index contributed by atoms with van der Waals surface area (Å²) in [6.45, 7) is 0. The van der Waals surface area contributed by atoms with Crippen molar-refractivity contribution in [1.82, 2.24) is 15.2 Å². The predicted molar refractivity (Wildman–Crippen MR) is 63.4 cm³/mol. The first kappa shape index (κ1) is 12.0. The number of benzene rings is 1. The average molecular weight is 320 g/mol. The number of carbonyl (C=O) groups excluding carboxylic acids is 1. The molecule has 0 atom stereocenters. The molecule has 2 N–H and O–H groups in total. The lowest BCUT2D eigenvalue weighted by Gasteiger charge is -2.08. The molecule has 5 nitrogen and oxygen atoms in total. The monoisotopic (exact) mass is 318 g/mol. The summed E-state index contributed by atoms with van der Waals surface area (Å²) in [5.41, 5.74) is 0.273. The summed E-state index contributed by atoms with van der Waals surface area (Å²) >= 11 is 8.91. The SMILES string of the molecule is O=C(Nc1c(Cl)cc(F)cc1Br)c1ncn[nH]1. The number of anilines is 1. The maximum Gasteiger partial charge on any atom is 0.293 e. The van der Waals surface area contributed by atoms with Crippen molar-refractivity contribution in [2.24, 2.45) is 0 Å². The van der Waals surface area contributed by atoms with E-state index in [-0.39, 0.29) is 16.5 Å². The van der Waals surface area contributed by atoms with Crippen molar-refractivity contribution in [2.45, 2.75) is 0 Å². The van der Waals surface area contributed by atoms with E-state index in [0.717, 1.165) is 6.07 Å². The minimum Gasteiger partial charge on any atom is -0.317 e. The number of aromatic amines is 1. The van der Waals surface area contributed by atoms with E-state index < -0.39 is 11.7 Å². The molecule has 1 aromatic heterocycles. The molecule has 2 rings (SSSR count). The zero-order valence-electron chi connectivity index (χ0n) is 8.17. The number of hydrogen-bond acceptors (Lipinski definition) is 3. The Labute approximate surface area is 109 Å². The molecule has 0 unspecified atom stereocenters. The molecule has 8 heteroatoms. The van der Waals surface area contributed by atoms with Gasteiger partial charge in [0.15, 0.2) is 0 Å². The van der Waals surface area contributed by atoms with Crippen LogP contribution in [0.15, 0.2) is 22.9 Å². The maximum atomic E-state index is 13.0. The van der Waals surface area contributed by atoms with E-state index in [4.69, 9.17) is 11.6 Å². The number of H-pyrrole nitrogens is 1. The van der Waals surface area contributed by atoms with E-state index in [9.17, 15) is 9.18 Å². The highest BCUT2D eigenvalue weighted by molar-refractivity contribution is 9.10. The smallest absolute Gasteiger partial charge is 0.293 e. The Morgan fingerprint density at radius 2 is 2.29 bits per heavy atom. The summed E-state index contributed by atoms with van der Waals surface area (Å²) in [6.07, 6.45) is 1.20. The summed E-state index contributed by atoms with van der Waals surface area (Å²) in [7, 11) is 0. The van der Waals surface area contributed by atoms with E-state index >= 15 is 0 Å². The molecular formula is C9H5BrClFN4O. The van der Waals surface area contributed by atoms with Crippen molar-refractivity contribution >= 4 is 39.1 Å². The van der Waals surface area contributed by atoms with Gasteiger partial charge in [-0.15, -0.1) is 0 Å². The van der Waals surface area contributed by atoms with Gasteiger partial charge in [-0.3, -0.25) is 9.89 Å². The second-order valence-corrected chi connectivity index (χ2v) is 4.29. The Morgan fingerprint density at radius 1 is 1.53 bits per heavy atom. The molecule has 0 aliphatic rings. The molecule has 88 valence electrons. The molecule has 0 radical (unpaired) electrons. The standard InChI is InChI=1S/C9H5BrClFN4O/c10-5-1-4(12)2-6(11)7(5)15-9(17)8-13-3-14-16-8/h1-3H,(H,15,17)(H,13,14,16). The van der Waals surface area contributed by atoms with Gasteiger partial charge in [-0.25, -0.2) is 9.37 Å². The number of hydrogen-bond donors (Lipinski definition) is 2. The lowest BCUT2D eigenvalue weighted by atomic mass is 10.3. The van der Waals surface area contributed by atoms with Crippen LogP contribution >= 0.6 is 27.5 Å². The number of amides is 1. The average Bonchev–Trinajstić information content (AvgIpc) is 2.76. The molecule has 0 saturated carbocycles. The van der Waals surface area contributed by atoms with Gasteiger partial charge in [-0.2, -0.15) is 5.10 Å². The van der Waals surface area contributed by atoms with Crippen LogP contribution in [-0.2, 0) is 0 Å². The van der Waals surface area contributed by atoms with Gasteiger partial charge in [0.2, 0.25) is 5.82 Å². The van der Waals surface area contributed by atoms with Crippen molar-refractivity contribution in [3.63, 3.8) is 0 Å². The Morgan fingerprint density at radius 3 is 2.88 bits per heavy atom. The van der Waals surface area contributed by atoms with E-state index in [1.165, 1.54) is 12.4 Å². The molecular weight excluding hydrogens is 314 g/mol. The Hall–Kier alpha value is -1.47. The van der Waals surface area contributed by atoms with Crippen LogP contribution in [0.2, 0.25) is 5.02 Å². The van der Waals surface area contributed by atoms with Gasteiger partial charge in [0, 0.05) is 4.47 Å². The van der Waals surface area contributed by atoms with Crippen molar-refractivity contribution in [2.75, 3.05) is 5.32 Å². The van der Waals surface area contributed by atoms with Crippen molar-refractivity contribution in [3.8, 4) is 0 Å². The van der Waals surface area contributed by atoms with Gasteiger partial charge in [-0.1, -0.05) is 11.6 Å². The van der Waals surface area contributed by atoms with E-state index in [2.05, 4.69) is 36.4 Å². The van der Waals surface area contributed by atoms with Gasteiger partial charge in [0.05, 0.1) is 10.7 Å². The Balaban J connectivity index is 2.28. The van der Waals surface area contributed by atoms with Gasteiger partial charge >= 0.3 is 0 Å². The highest BCUT2D eigenvalue weighted by Gasteiger charge is 2.14. The fraction of sp³-hybridized carbons (Fsp3) is 0. The fourth-order valence-corrected chi connectivity index (χ4v) is 2.05. The number of nitrogens with one attached hydrogen (secondary N) is 2. The van der Waals surface area contributed by atoms with Gasteiger partial charge < -0.3 is 5.32 Å². The van der Waals surface area contributed by atoms with Crippen LogP contribution in [0.3, 0.4) is 0 Å². The first-order chi connectivity index (χ1) is 8.08. The summed E-state index contributed by atoms with van der Waals surface area (Å²) in [4.78, 5) is 15.3. The minimum atomic E-state index is -0.517. The maximum absolute atomic E-state index is 13.0. The number of halogens is 3. The predicted octanol–water partition coefficient (Wildman–Crippen LogP) is 2.61. The van der Waals surface area contributed by atoms with Crippen molar-refractivity contribution in [1.29, 1.82) is 0 Å². The molecule has 0 saturated heterocycles. The van der Waals surface area contributed by atoms with Crippen LogP contribution in [-0.4, -0.2) is 21.1 Å². The summed E-state index contributed by atoms with van der Waals surface area (Å²) in [6, 6.07) is 2.30. The number of rotatable bonds is 2. The van der Waals surface area contributed by atoms with Crippen LogP contribution in [0.4, 0.5) is 10.1 Å². The fourth-order valence-electron chi connectivity index (χ4n) is 1.15. The molecule has 17 heavy (non-hydrogen) atoms. The van der Waals surface area contributed by atoms with Crippen LogP contribution in [0.25, 0.3) is 0 Å². The second-order valence-electron chi connectivity index (χ2n) is 3.03. The quantitative estimate of drug-likeness (QED) is 0.894. The van der Waals surface area contributed by atoms with Crippen LogP contribution in [0.1, 0.15) is 10.6 Å². The normalized spacial score (nSPS) is 10.3. The minimum absolute atomic E-state index is 0.0392. The molecule has 1 heterocycles. The highest BCUT2D eigenvalue weighted by atomic mass is 79.9. The van der Waals surface area contributed by atoms with Gasteiger partial charge in [-0.05, 0) is 28.1 Å². The van der Waals surface area contributed by atoms with Crippen LogP contribution < -0.4 is 5.32 Å². The van der Waals surface area contributed by atoms with Gasteiger partial charge in [0.1, 0.15) is 12.1 Å². The molecule has 0 aliphatic carbocycles. The van der Waals surface area contributed by atoms with Crippen molar-refractivity contribution in [3.05, 3.63) is 39.6 Å². The van der Waals surface area contributed by atoms with E-state index in [1.54, 1.807) is 0 Å². The largest absolute Gasteiger partial charge is 0.317 e. The molecule has 0 spiro atoms. The molecule has 0 bridgehead atoms. The second kappa shape index (κ2) is 4.80. The molecule has 2 aromatic rings. The highest BCUT2D eigenvalue weighted by Crippen LogP contribution is 2.31. The zero-order valence-corrected chi connectivity index (χ0v) is 10.5. The first-order valence-electron chi connectivity index (χ1n) is 4.39. The van der Waals surface area contributed by atoms with Gasteiger partial charge in [0.25, 0.3) is 5.91 Å². The number of aromatic nitrogens is 3. The Bertz CT molecular complexity index is 537.